The van der Waals surface area contributed by atoms with E-state index in [1.54, 1.807) is 6.20 Å². The molecule has 0 fully saturated rings. The molecule has 78 valence electrons. The van der Waals surface area contributed by atoms with Crippen LogP contribution in [0.25, 0.3) is 0 Å². The lowest BCUT2D eigenvalue weighted by atomic mass is 10.2. The standard InChI is InChI=1S/C9H13ClN2O2/c1-2-7-6-12(5-3-4-10)9(14)11-8(7)13/h6H,2-5H2,1H3,(H,11,13,14). The molecule has 0 saturated heterocycles. The van der Waals surface area contributed by atoms with Gasteiger partial charge < -0.3 is 4.57 Å². The van der Waals surface area contributed by atoms with E-state index in [2.05, 4.69) is 4.98 Å². The highest BCUT2D eigenvalue weighted by atomic mass is 35.5. The Morgan fingerprint density at radius 3 is 2.79 bits per heavy atom. The Kier molecular flexibility index (Phi) is 3.95. The lowest BCUT2D eigenvalue weighted by Crippen LogP contribution is -2.31. The summed E-state index contributed by atoms with van der Waals surface area (Å²) in [7, 11) is 0. The number of aromatic amines is 1. The van der Waals surface area contributed by atoms with Crippen LogP contribution in [0.1, 0.15) is 18.9 Å². The SMILES string of the molecule is CCc1cn(CCCCl)c(=O)[nH]c1=O. The van der Waals surface area contributed by atoms with Gasteiger partial charge in [0.15, 0.2) is 0 Å². The molecule has 4 nitrogen and oxygen atoms in total. The molecule has 0 aromatic carbocycles. The van der Waals surface area contributed by atoms with Gasteiger partial charge in [0.05, 0.1) is 0 Å². The highest BCUT2D eigenvalue weighted by Gasteiger charge is 2.01. The number of H-pyrrole nitrogens is 1. The molecular formula is C9H13ClN2O2. The number of hydrogen-bond donors (Lipinski definition) is 1. The van der Waals surface area contributed by atoms with E-state index in [4.69, 9.17) is 11.6 Å². The summed E-state index contributed by atoms with van der Waals surface area (Å²) in [5.74, 6) is 0.507. The highest BCUT2D eigenvalue weighted by molar-refractivity contribution is 6.17. The van der Waals surface area contributed by atoms with Crippen molar-refractivity contribution in [3.8, 4) is 0 Å². The first-order valence-electron chi connectivity index (χ1n) is 4.57. The molecule has 0 unspecified atom stereocenters. The molecule has 1 N–H and O–H groups in total. The van der Waals surface area contributed by atoms with Crippen molar-refractivity contribution in [2.75, 3.05) is 5.88 Å². The maximum absolute atomic E-state index is 11.3. The van der Waals surface area contributed by atoms with Gasteiger partial charge in [0.1, 0.15) is 0 Å². The maximum atomic E-state index is 11.3. The monoisotopic (exact) mass is 216 g/mol. The van der Waals surface area contributed by atoms with E-state index in [0.29, 0.717) is 24.4 Å². The van der Waals surface area contributed by atoms with E-state index >= 15 is 0 Å². The van der Waals surface area contributed by atoms with Crippen LogP contribution in [0.5, 0.6) is 0 Å². The minimum absolute atomic E-state index is 0.292. The van der Waals surface area contributed by atoms with Gasteiger partial charge in [-0.15, -0.1) is 11.6 Å². The summed E-state index contributed by atoms with van der Waals surface area (Å²) >= 11 is 5.52. The summed E-state index contributed by atoms with van der Waals surface area (Å²) in [5.41, 5.74) is -0.0314. The zero-order valence-electron chi connectivity index (χ0n) is 8.05. The Morgan fingerprint density at radius 1 is 1.50 bits per heavy atom. The molecule has 1 heterocycles. The fraction of sp³-hybridized carbons (Fsp3) is 0.556. The van der Waals surface area contributed by atoms with Gasteiger partial charge in [0.25, 0.3) is 5.56 Å². The number of aryl methyl sites for hydroxylation is 2. The van der Waals surface area contributed by atoms with Gasteiger partial charge in [0, 0.05) is 24.2 Å². The van der Waals surface area contributed by atoms with E-state index in [-0.39, 0.29) is 11.2 Å². The Balaban J connectivity index is 3.05. The topological polar surface area (TPSA) is 54.9 Å². The first-order chi connectivity index (χ1) is 6.69. The highest BCUT2D eigenvalue weighted by Crippen LogP contribution is 1.92. The minimum Gasteiger partial charge on any atom is -0.300 e. The van der Waals surface area contributed by atoms with Gasteiger partial charge in [-0.05, 0) is 12.8 Å². The fourth-order valence-corrected chi connectivity index (χ4v) is 1.32. The van der Waals surface area contributed by atoms with Crippen molar-refractivity contribution in [3.63, 3.8) is 0 Å². The molecule has 0 bridgehead atoms. The van der Waals surface area contributed by atoms with Crippen LogP contribution < -0.4 is 11.2 Å². The quantitative estimate of drug-likeness (QED) is 0.755. The van der Waals surface area contributed by atoms with E-state index in [9.17, 15) is 9.59 Å². The van der Waals surface area contributed by atoms with Crippen molar-refractivity contribution >= 4 is 11.6 Å². The van der Waals surface area contributed by atoms with Crippen LogP contribution in [0.4, 0.5) is 0 Å². The number of aromatic nitrogens is 2. The van der Waals surface area contributed by atoms with Crippen LogP contribution in [0.15, 0.2) is 15.8 Å². The van der Waals surface area contributed by atoms with Crippen LogP contribution in [0.2, 0.25) is 0 Å². The molecule has 0 aliphatic heterocycles. The predicted molar refractivity (Wildman–Crippen MR) is 56.0 cm³/mol. The van der Waals surface area contributed by atoms with Gasteiger partial charge in [0.2, 0.25) is 0 Å². The number of nitrogens with one attached hydrogen (secondary N) is 1. The second-order valence-corrected chi connectivity index (χ2v) is 3.38. The molecule has 0 spiro atoms. The van der Waals surface area contributed by atoms with Crippen molar-refractivity contribution < 1.29 is 0 Å². The molecular weight excluding hydrogens is 204 g/mol. The average molecular weight is 217 g/mol. The summed E-state index contributed by atoms with van der Waals surface area (Å²) in [6.07, 6.45) is 2.95. The zero-order chi connectivity index (χ0) is 10.6. The molecule has 0 radical (unpaired) electrons. The van der Waals surface area contributed by atoms with Crippen molar-refractivity contribution in [1.29, 1.82) is 0 Å². The predicted octanol–water partition coefficient (Wildman–Crippen LogP) is 0.728. The molecule has 1 rings (SSSR count). The molecule has 1 aromatic rings. The van der Waals surface area contributed by atoms with Gasteiger partial charge in [-0.3, -0.25) is 9.78 Å². The second-order valence-electron chi connectivity index (χ2n) is 3.00. The summed E-state index contributed by atoms with van der Waals surface area (Å²) in [6, 6.07) is 0. The molecule has 0 amide bonds. The third kappa shape index (κ3) is 2.48. The summed E-state index contributed by atoms with van der Waals surface area (Å²) < 4.78 is 1.49. The summed E-state index contributed by atoms with van der Waals surface area (Å²) in [4.78, 5) is 24.8. The Morgan fingerprint density at radius 2 is 2.21 bits per heavy atom. The molecule has 0 saturated carbocycles. The van der Waals surface area contributed by atoms with Gasteiger partial charge in [-0.2, -0.15) is 0 Å². The van der Waals surface area contributed by atoms with E-state index in [0.717, 1.165) is 6.42 Å². The van der Waals surface area contributed by atoms with Crippen LogP contribution in [0.3, 0.4) is 0 Å². The summed E-state index contributed by atoms with van der Waals surface area (Å²) in [5, 5.41) is 0. The average Bonchev–Trinajstić information content (AvgIpc) is 2.17. The molecule has 0 aliphatic rings. The smallest absolute Gasteiger partial charge is 0.300 e. The number of rotatable bonds is 4. The van der Waals surface area contributed by atoms with Crippen molar-refractivity contribution in [2.24, 2.45) is 0 Å². The van der Waals surface area contributed by atoms with Gasteiger partial charge in [-0.1, -0.05) is 6.92 Å². The second kappa shape index (κ2) is 5.00. The molecule has 0 aliphatic carbocycles. The lowest BCUT2D eigenvalue weighted by molar-refractivity contribution is 0.627. The van der Waals surface area contributed by atoms with Gasteiger partial charge in [-0.25, -0.2) is 4.79 Å². The number of nitrogens with zero attached hydrogens (tertiary/aromatic N) is 1. The van der Waals surface area contributed by atoms with Crippen molar-refractivity contribution in [2.45, 2.75) is 26.3 Å². The third-order valence-electron chi connectivity index (χ3n) is 2.00. The Hall–Kier alpha value is -1.03. The number of halogens is 1. The van der Waals surface area contributed by atoms with E-state index < -0.39 is 0 Å². The lowest BCUT2D eigenvalue weighted by Gasteiger charge is -2.04. The van der Waals surface area contributed by atoms with Gasteiger partial charge >= 0.3 is 5.69 Å². The molecule has 14 heavy (non-hydrogen) atoms. The maximum Gasteiger partial charge on any atom is 0.328 e. The minimum atomic E-state index is -0.364. The Labute approximate surface area is 86.5 Å². The fourth-order valence-electron chi connectivity index (χ4n) is 1.20. The molecule has 1 aromatic heterocycles. The first kappa shape index (κ1) is 11.0. The van der Waals surface area contributed by atoms with E-state index in [1.165, 1.54) is 4.57 Å². The third-order valence-corrected chi connectivity index (χ3v) is 2.27. The summed E-state index contributed by atoms with van der Waals surface area (Å²) in [6.45, 7) is 2.42. The Bertz CT molecular complexity index is 408. The largest absolute Gasteiger partial charge is 0.328 e. The van der Waals surface area contributed by atoms with Crippen molar-refractivity contribution in [1.82, 2.24) is 9.55 Å². The van der Waals surface area contributed by atoms with Crippen LogP contribution in [0, 0.1) is 0 Å². The molecule has 0 atom stereocenters. The number of alkyl halides is 1. The zero-order valence-corrected chi connectivity index (χ0v) is 8.80. The van der Waals surface area contributed by atoms with Crippen LogP contribution in [-0.4, -0.2) is 15.4 Å². The normalized spacial score (nSPS) is 10.4. The van der Waals surface area contributed by atoms with E-state index in [1.807, 2.05) is 6.92 Å². The van der Waals surface area contributed by atoms with Crippen LogP contribution in [-0.2, 0) is 13.0 Å². The molecule has 5 heteroatoms. The first-order valence-corrected chi connectivity index (χ1v) is 5.11. The van der Waals surface area contributed by atoms with Crippen molar-refractivity contribution in [3.05, 3.63) is 32.6 Å². The van der Waals surface area contributed by atoms with Crippen LogP contribution >= 0.6 is 11.6 Å². The number of hydrogen-bond acceptors (Lipinski definition) is 2.